The lowest BCUT2D eigenvalue weighted by Gasteiger charge is -2.19. The van der Waals surface area contributed by atoms with Crippen LogP contribution in [0, 0.1) is 0 Å². The van der Waals surface area contributed by atoms with Crippen LogP contribution in [0.15, 0.2) is 12.7 Å². The Hall–Kier alpha value is -0.830. The fourth-order valence-corrected chi connectivity index (χ4v) is 1.31. The van der Waals surface area contributed by atoms with Crippen LogP contribution in [-0.2, 0) is 9.53 Å². The van der Waals surface area contributed by atoms with Crippen LogP contribution in [0.5, 0.6) is 0 Å². The Bertz CT molecular complexity index is 209. The van der Waals surface area contributed by atoms with Gasteiger partial charge in [0.25, 0.3) is 0 Å². The van der Waals surface area contributed by atoms with Crippen LogP contribution in [0.25, 0.3) is 0 Å². The second-order valence-electron chi connectivity index (χ2n) is 4.51. The SMILES string of the molecule is C=CCCCCCCCOC(C)(C)C(=O)O. The zero-order chi connectivity index (χ0) is 12.4. The lowest BCUT2D eigenvalue weighted by Crippen LogP contribution is -2.35. The molecule has 0 aromatic carbocycles. The van der Waals surface area contributed by atoms with E-state index < -0.39 is 11.6 Å². The number of unbranched alkanes of at least 4 members (excludes halogenated alkanes) is 5. The monoisotopic (exact) mass is 228 g/mol. The lowest BCUT2D eigenvalue weighted by atomic mass is 10.1. The van der Waals surface area contributed by atoms with Gasteiger partial charge in [-0.3, -0.25) is 0 Å². The van der Waals surface area contributed by atoms with Crippen LogP contribution >= 0.6 is 0 Å². The largest absolute Gasteiger partial charge is 0.479 e. The van der Waals surface area contributed by atoms with Crippen molar-refractivity contribution in [2.75, 3.05) is 6.61 Å². The quantitative estimate of drug-likeness (QED) is 0.460. The second kappa shape index (κ2) is 8.34. The Labute approximate surface area is 98.5 Å². The number of allylic oxidation sites excluding steroid dienone is 1. The number of carbonyl (C=O) groups is 1. The molecule has 0 bridgehead atoms. The molecule has 3 heteroatoms. The third-order valence-corrected chi connectivity index (χ3v) is 2.53. The maximum Gasteiger partial charge on any atom is 0.335 e. The van der Waals surface area contributed by atoms with E-state index >= 15 is 0 Å². The maximum absolute atomic E-state index is 10.7. The Morgan fingerprint density at radius 3 is 2.38 bits per heavy atom. The molecule has 0 aliphatic heterocycles. The summed E-state index contributed by atoms with van der Waals surface area (Å²) in [4.78, 5) is 10.7. The summed E-state index contributed by atoms with van der Waals surface area (Å²) < 4.78 is 5.30. The molecule has 0 radical (unpaired) electrons. The van der Waals surface area contributed by atoms with Gasteiger partial charge < -0.3 is 9.84 Å². The van der Waals surface area contributed by atoms with Crippen molar-refractivity contribution in [3.05, 3.63) is 12.7 Å². The van der Waals surface area contributed by atoms with Crippen molar-refractivity contribution in [1.29, 1.82) is 0 Å². The fraction of sp³-hybridized carbons (Fsp3) is 0.769. The average molecular weight is 228 g/mol. The van der Waals surface area contributed by atoms with Crippen molar-refractivity contribution in [2.45, 2.75) is 58.0 Å². The summed E-state index contributed by atoms with van der Waals surface area (Å²) in [7, 11) is 0. The van der Waals surface area contributed by atoms with Crippen LogP contribution in [0.1, 0.15) is 52.4 Å². The molecular formula is C13H24O3. The van der Waals surface area contributed by atoms with Crippen molar-refractivity contribution in [1.82, 2.24) is 0 Å². The van der Waals surface area contributed by atoms with E-state index in [0.29, 0.717) is 6.61 Å². The minimum Gasteiger partial charge on any atom is -0.479 e. The third kappa shape index (κ3) is 7.46. The molecule has 16 heavy (non-hydrogen) atoms. The van der Waals surface area contributed by atoms with E-state index in [9.17, 15) is 4.79 Å². The number of aliphatic carboxylic acids is 1. The molecule has 0 aromatic rings. The number of rotatable bonds is 10. The molecule has 0 atom stereocenters. The minimum absolute atomic E-state index is 0.529. The summed E-state index contributed by atoms with van der Waals surface area (Å²) in [5, 5.41) is 8.81. The highest BCUT2D eigenvalue weighted by Crippen LogP contribution is 2.11. The Morgan fingerprint density at radius 2 is 1.81 bits per heavy atom. The van der Waals surface area contributed by atoms with Gasteiger partial charge in [-0.25, -0.2) is 4.79 Å². The topological polar surface area (TPSA) is 46.5 Å². The van der Waals surface area contributed by atoms with Crippen LogP contribution in [0.2, 0.25) is 0 Å². The van der Waals surface area contributed by atoms with Crippen molar-refractivity contribution in [2.24, 2.45) is 0 Å². The molecule has 0 unspecified atom stereocenters. The van der Waals surface area contributed by atoms with Gasteiger partial charge >= 0.3 is 5.97 Å². The van der Waals surface area contributed by atoms with Crippen molar-refractivity contribution in [3.63, 3.8) is 0 Å². The van der Waals surface area contributed by atoms with Gasteiger partial charge in [-0.1, -0.05) is 25.3 Å². The van der Waals surface area contributed by atoms with Gasteiger partial charge in [-0.2, -0.15) is 0 Å². The first-order valence-electron chi connectivity index (χ1n) is 5.99. The van der Waals surface area contributed by atoms with E-state index in [1.54, 1.807) is 13.8 Å². The van der Waals surface area contributed by atoms with Crippen LogP contribution in [-0.4, -0.2) is 23.3 Å². The van der Waals surface area contributed by atoms with Crippen LogP contribution in [0.4, 0.5) is 0 Å². The molecule has 94 valence electrons. The molecule has 0 rings (SSSR count). The standard InChI is InChI=1S/C13H24O3/c1-4-5-6-7-8-9-10-11-16-13(2,3)12(14)15/h4H,1,5-11H2,2-3H3,(H,14,15). The Balaban J connectivity index is 3.33. The highest BCUT2D eigenvalue weighted by Gasteiger charge is 2.27. The average Bonchev–Trinajstić information content (AvgIpc) is 2.21. The second-order valence-corrected chi connectivity index (χ2v) is 4.51. The van der Waals surface area contributed by atoms with Gasteiger partial charge in [0.15, 0.2) is 5.60 Å². The van der Waals surface area contributed by atoms with E-state index in [1.807, 2.05) is 6.08 Å². The summed E-state index contributed by atoms with van der Waals surface area (Å²) in [6.45, 7) is 7.37. The normalized spacial score (nSPS) is 11.4. The zero-order valence-corrected chi connectivity index (χ0v) is 10.5. The van der Waals surface area contributed by atoms with E-state index in [1.165, 1.54) is 19.3 Å². The van der Waals surface area contributed by atoms with Gasteiger partial charge in [-0.05, 0) is 33.1 Å². The van der Waals surface area contributed by atoms with Gasteiger partial charge in [0, 0.05) is 6.61 Å². The number of hydrogen-bond acceptors (Lipinski definition) is 2. The number of carboxylic acid groups (broad SMARTS) is 1. The highest BCUT2D eigenvalue weighted by molar-refractivity contribution is 5.76. The van der Waals surface area contributed by atoms with E-state index in [0.717, 1.165) is 19.3 Å². The van der Waals surface area contributed by atoms with E-state index in [-0.39, 0.29) is 0 Å². The molecular weight excluding hydrogens is 204 g/mol. The smallest absolute Gasteiger partial charge is 0.335 e. The minimum atomic E-state index is -1.05. The van der Waals surface area contributed by atoms with Crippen molar-refractivity contribution in [3.8, 4) is 0 Å². The van der Waals surface area contributed by atoms with Gasteiger partial charge in [0.1, 0.15) is 0 Å². The van der Waals surface area contributed by atoms with Gasteiger partial charge in [0.2, 0.25) is 0 Å². The lowest BCUT2D eigenvalue weighted by molar-refractivity contribution is -0.161. The summed E-state index contributed by atoms with van der Waals surface area (Å²) in [6, 6.07) is 0. The van der Waals surface area contributed by atoms with Crippen LogP contribution < -0.4 is 0 Å². The summed E-state index contributed by atoms with van der Waals surface area (Å²) in [5.41, 5.74) is -1.05. The molecule has 0 fully saturated rings. The first kappa shape index (κ1) is 15.2. The summed E-state index contributed by atoms with van der Waals surface area (Å²) in [5.74, 6) is -0.904. The number of hydrogen-bond donors (Lipinski definition) is 1. The molecule has 0 amide bonds. The fourth-order valence-electron chi connectivity index (χ4n) is 1.31. The first-order chi connectivity index (χ1) is 7.50. The molecule has 3 nitrogen and oxygen atoms in total. The summed E-state index contributed by atoms with van der Waals surface area (Å²) in [6.07, 6.45) is 8.67. The molecule has 0 spiro atoms. The predicted molar refractivity (Wildman–Crippen MR) is 65.6 cm³/mol. The van der Waals surface area contributed by atoms with Crippen LogP contribution in [0.3, 0.4) is 0 Å². The molecule has 0 saturated heterocycles. The van der Waals surface area contributed by atoms with Gasteiger partial charge in [0.05, 0.1) is 0 Å². The molecule has 1 N–H and O–H groups in total. The Kier molecular flexibility index (Phi) is 7.90. The third-order valence-electron chi connectivity index (χ3n) is 2.53. The first-order valence-corrected chi connectivity index (χ1v) is 5.99. The maximum atomic E-state index is 10.7. The van der Waals surface area contributed by atoms with E-state index in [2.05, 4.69) is 6.58 Å². The van der Waals surface area contributed by atoms with E-state index in [4.69, 9.17) is 9.84 Å². The summed E-state index contributed by atoms with van der Waals surface area (Å²) >= 11 is 0. The Morgan fingerprint density at radius 1 is 1.25 bits per heavy atom. The predicted octanol–water partition coefficient (Wildman–Crippen LogP) is 3.39. The zero-order valence-electron chi connectivity index (χ0n) is 10.5. The van der Waals surface area contributed by atoms with Crippen molar-refractivity contribution < 1.29 is 14.6 Å². The van der Waals surface area contributed by atoms with Crippen molar-refractivity contribution >= 4 is 5.97 Å². The molecule has 0 heterocycles. The number of carboxylic acids is 1. The molecule has 0 aliphatic rings. The highest BCUT2D eigenvalue weighted by atomic mass is 16.5. The van der Waals surface area contributed by atoms with Gasteiger partial charge in [-0.15, -0.1) is 6.58 Å². The number of ether oxygens (including phenoxy) is 1. The molecule has 0 aromatic heterocycles. The molecule has 0 saturated carbocycles. The molecule has 0 aliphatic carbocycles.